The second-order valence-corrected chi connectivity index (χ2v) is 7.46. The summed E-state index contributed by atoms with van der Waals surface area (Å²) in [6.07, 6.45) is 2.20. The Kier molecular flexibility index (Phi) is 5.33. The van der Waals surface area contributed by atoms with E-state index < -0.39 is 32.5 Å². The van der Waals surface area contributed by atoms with Gasteiger partial charge in [-0.05, 0) is 42.0 Å². The van der Waals surface area contributed by atoms with E-state index in [1.54, 1.807) is 10.8 Å². The summed E-state index contributed by atoms with van der Waals surface area (Å²) in [5, 5.41) is 0.265. The number of rotatable bonds is 4. The summed E-state index contributed by atoms with van der Waals surface area (Å²) in [5.74, 6) is -2.41. The Morgan fingerprint density at radius 2 is 1.89 bits per heavy atom. The van der Waals surface area contributed by atoms with Crippen LogP contribution >= 0.6 is 11.6 Å². The highest BCUT2D eigenvalue weighted by Gasteiger charge is 2.22. The number of hydrogen-bond donors (Lipinski definition) is 1. The lowest BCUT2D eigenvalue weighted by molar-refractivity contribution is -0.114. The number of benzene rings is 2. The number of carbonyl (C=O) groups is 1. The van der Waals surface area contributed by atoms with Gasteiger partial charge in [-0.15, -0.1) is 0 Å². The molecule has 27 heavy (non-hydrogen) atoms. The average molecular weight is 416 g/mol. The molecule has 0 aliphatic carbocycles. The molecular formula is C17H12ClF2NO5S. The first-order valence-electron chi connectivity index (χ1n) is 7.55. The summed E-state index contributed by atoms with van der Waals surface area (Å²) in [7, 11) is -4.58. The van der Waals surface area contributed by atoms with Crippen LogP contribution in [0.4, 0.5) is 8.78 Å². The molecule has 10 heteroatoms. The SMILES string of the molecule is O=C(C=Cc1cc(Cl)c2c(c1)OCCO2)NS(=O)(=O)c1cc(F)ccc1F. The van der Waals surface area contributed by atoms with Crippen LogP contribution in [0.3, 0.4) is 0 Å². The first kappa shape index (κ1) is 19.1. The number of sulfonamides is 1. The van der Waals surface area contributed by atoms with E-state index in [0.29, 0.717) is 42.4 Å². The van der Waals surface area contributed by atoms with Gasteiger partial charge in [-0.2, -0.15) is 0 Å². The molecule has 2 aromatic carbocycles. The van der Waals surface area contributed by atoms with Crippen molar-refractivity contribution in [3.8, 4) is 11.5 Å². The maximum Gasteiger partial charge on any atom is 0.267 e. The summed E-state index contributed by atoms with van der Waals surface area (Å²) in [5.41, 5.74) is 0.453. The molecule has 1 aliphatic heterocycles. The first-order valence-corrected chi connectivity index (χ1v) is 9.41. The van der Waals surface area contributed by atoms with Crippen LogP contribution in [0, 0.1) is 11.6 Å². The fourth-order valence-corrected chi connectivity index (χ4v) is 3.61. The minimum Gasteiger partial charge on any atom is -0.486 e. The molecule has 142 valence electrons. The Labute approximate surface area is 158 Å². The van der Waals surface area contributed by atoms with Crippen LogP contribution < -0.4 is 14.2 Å². The van der Waals surface area contributed by atoms with Gasteiger partial charge in [0.05, 0.1) is 5.02 Å². The second-order valence-electron chi connectivity index (χ2n) is 5.40. The van der Waals surface area contributed by atoms with Crippen molar-refractivity contribution in [2.24, 2.45) is 0 Å². The number of nitrogens with one attached hydrogen (secondary N) is 1. The summed E-state index contributed by atoms with van der Waals surface area (Å²) >= 11 is 6.07. The molecule has 0 bridgehead atoms. The average Bonchev–Trinajstić information content (AvgIpc) is 2.61. The number of halogens is 3. The van der Waals surface area contributed by atoms with Crippen LogP contribution in [0.1, 0.15) is 5.56 Å². The lowest BCUT2D eigenvalue weighted by atomic mass is 10.2. The van der Waals surface area contributed by atoms with E-state index in [2.05, 4.69) is 0 Å². The van der Waals surface area contributed by atoms with Crippen molar-refractivity contribution in [1.29, 1.82) is 0 Å². The number of fused-ring (bicyclic) bond motifs is 1. The first-order chi connectivity index (χ1) is 12.8. The topological polar surface area (TPSA) is 81.7 Å². The van der Waals surface area contributed by atoms with Crippen LogP contribution in [0.2, 0.25) is 5.02 Å². The number of hydrogen-bond acceptors (Lipinski definition) is 5. The van der Waals surface area contributed by atoms with E-state index in [1.807, 2.05) is 0 Å². The molecule has 1 heterocycles. The van der Waals surface area contributed by atoms with Gasteiger partial charge in [-0.25, -0.2) is 21.9 Å². The zero-order chi connectivity index (χ0) is 19.6. The molecule has 0 atom stereocenters. The summed E-state index contributed by atoms with van der Waals surface area (Å²) in [6.45, 7) is 0.702. The van der Waals surface area contributed by atoms with Crippen LogP contribution in [0.5, 0.6) is 11.5 Å². The van der Waals surface area contributed by atoms with E-state index in [0.717, 1.165) is 12.1 Å². The van der Waals surface area contributed by atoms with Gasteiger partial charge in [-0.1, -0.05) is 11.6 Å². The van der Waals surface area contributed by atoms with Gasteiger partial charge < -0.3 is 9.47 Å². The fraction of sp³-hybridized carbons (Fsp3) is 0.118. The van der Waals surface area contributed by atoms with Gasteiger partial charge in [0.25, 0.3) is 15.9 Å². The van der Waals surface area contributed by atoms with Gasteiger partial charge in [0.1, 0.15) is 29.7 Å². The fourth-order valence-electron chi connectivity index (χ4n) is 2.30. The molecule has 0 saturated heterocycles. The van der Waals surface area contributed by atoms with Gasteiger partial charge in [0, 0.05) is 6.08 Å². The maximum atomic E-state index is 13.6. The number of amides is 1. The Hall–Kier alpha value is -2.65. The molecule has 1 amide bonds. The van der Waals surface area contributed by atoms with Crippen molar-refractivity contribution < 1.29 is 31.5 Å². The molecule has 0 fully saturated rings. The van der Waals surface area contributed by atoms with Crippen LogP contribution in [0.15, 0.2) is 41.3 Å². The highest BCUT2D eigenvalue weighted by Crippen LogP contribution is 2.38. The van der Waals surface area contributed by atoms with Gasteiger partial charge in [-0.3, -0.25) is 4.79 Å². The Bertz CT molecular complexity index is 1040. The van der Waals surface area contributed by atoms with Crippen molar-refractivity contribution in [2.75, 3.05) is 13.2 Å². The van der Waals surface area contributed by atoms with Gasteiger partial charge in [0.2, 0.25) is 0 Å². The largest absolute Gasteiger partial charge is 0.486 e. The molecule has 6 nitrogen and oxygen atoms in total. The molecule has 2 aromatic rings. The van der Waals surface area contributed by atoms with Gasteiger partial charge in [0.15, 0.2) is 11.5 Å². The van der Waals surface area contributed by atoms with Crippen LogP contribution in [0.25, 0.3) is 6.08 Å². The predicted molar refractivity (Wildman–Crippen MR) is 93.2 cm³/mol. The Morgan fingerprint density at radius 3 is 2.67 bits per heavy atom. The number of ether oxygens (including phenoxy) is 2. The van der Waals surface area contributed by atoms with Crippen LogP contribution in [-0.4, -0.2) is 27.5 Å². The minimum absolute atomic E-state index is 0.265. The summed E-state index contributed by atoms with van der Waals surface area (Å²) in [6, 6.07) is 4.96. The monoisotopic (exact) mass is 415 g/mol. The van der Waals surface area contributed by atoms with Crippen molar-refractivity contribution >= 4 is 33.6 Å². The Balaban J connectivity index is 1.77. The highest BCUT2D eigenvalue weighted by atomic mass is 35.5. The van der Waals surface area contributed by atoms with E-state index in [4.69, 9.17) is 21.1 Å². The number of carbonyl (C=O) groups excluding carboxylic acids is 1. The smallest absolute Gasteiger partial charge is 0.267 e. The third kappa shape index (κ3) is 4.37. The van der Waals surface area contributed by atoms with E-state index >= 15 is 0 Å². The molecule has 0 saturated carbocycles. The molecule has 1 N–H and O–H groups in total. The van der Waals surface area contributed by atoms with E-state index in [-0.39, 0.29) is 5.02 Å². The molecule has 0 aromatic heterocycles. The second kappa shape index (κ2) is 7.53. The van der Waals surface area contributed by atoms with Gasteiger partial charge >= 0.3 is 0 Å². The highest BCUT2D eigenvalue weighted by molar-refractivity contribution is 7.90. The maximum absolute atomic E-state index is 13.6. The van der Waals surface area contributed by atoms with Crippen molar-refractivity contribution in [3.63, 3.8) is 0 Å². The van der Waals surface area contributed by atoms with Crippen LogP contribution in [-0.2, 0) is 14.8 Å². The van der Waals surface area contributed by atoms with Crippen molar-refractivity contribution in [1.82, 2.24) is 4.72 Å². The van der Waals surface area contributed by atoms with E-state index in [1.165, 1.54) is 12.1 Å². The quantitative estimate of drug-likeness (QED) is 0.776. The third-order valence-electron chi connectivity index (χ3n) is 3.46. The normalized spacial score (nSPS) is 13.6. The third-order valence-corrected chi connectivity index (χ3v) is 5.11. The molecule has 3 rings (SSSR count). The predicted octanol–water partition coefficient (Wildman–Crippen LogP) is 2.91. The standard InChI is InChI=1S/C17H12ClF2NO5S/c18-12-7-10(8-14-17(12)26-6-5-25-14)1-4-16(22)21-27(23,24)15-9-11(19)2-3-13(15)20/h1-4,7-9H,5-6H2,(H,21,22). The molecule has 0 unspecified atom stereocenters. The Morgan fingerprint density at radius 1 is 1.15 bits per heavy atom. The summed E-state index contributed by atoms with van der Waals surface area (Å²) < 4.78 is 63.3. The summed E-state index contributed by atoms with van der Waals surface area (Å²) in [4.78, 5) is 10.9. The van der Waals surface area contributed by atoms with E-state index in [9.17, 15) is 22.0 Å². The molecule has 0 radical (unpaired) electrons. The molecule has 1 aliphatic rings. The zero-order valence-corrected chi connectivity index (χ0v) is 15.1. The lowest BCUT2D eigenvalue weighted by Crippen LogP contribution is -2.29. The van der Waals surface area contributed by atoms with Crippen molar-refractivity contribution in [3.05, 3.63) is 58.6 Å². The van der Waals surface area contributed by atoms with Crippen molar-refractivity contribution in [2.45, 2.75) is 4.90 Å². The molecular weight excluding hydrogens is 404 g/mol. The minimum atomic E-state index is -4.58. The lowest BCUT2D eigenvalue weighted by Gasteiger charge is -2.19. The molecule has 0 spiro atoms. The zero-order valence-electron chi connectivity index (χ0n) is 13.5.